The maximum Gasteiger partial charge on any atom is 0.191 e. The fourth-order valence-electron chi connectivity index (χ4n) is 4.18. The van der Waals surface area contributed by atoms with Crippen molar-refractivity contribution in [2.75, 3.05) is 26.2 Å². The van der Waals surface area contributed by atoms with Gasteiger partial charge in [-0.25, -0.2) is 9.67 Å². The van der Waals surface area contributed by atoms with Crippen LogP contribution in [0.1, 0.15) is 50.6 Å². The molecule has 1 fully saturated rings. The number of aryl methyl sites for hydroxylation is 2. The molecule has 2 N–H and O–H groups in total. The van der Waals surface area contributed by atoms with Gasteiger partial charge >= 0.3 is 0 Å². The van der Waals surface area contributed by atoms with E-state index in [0.717, 1.165) is 48.6 Å². The Balaban J connectivity index is 1.67. The number of benzene rings is 1. The van der Waals surface area contributed by atoms with E-state index in [1.165, 1.54) is 24.9 Å². The molecule has 6 nitrogen and oxygen atoms in total. The van der Waals surface area contributed by atoms with E-state index in [0.29, 0.717) is 12.6 Å². The predicted molar refractivity (Wildman–Crippen MR) is 125 cm³/mol. The van der Waals surface area contributed by atoms with Crippen LogP contribution in [0.5, 0.6) is 0 Å². The number of para-hydroxylation sites is 1. The Morgan fingerprint density at radius 1 is 1.20 bits per heavy atom. The quantitative estimate of drug-likeness (QED) is 0.540. The first-order valence-corrected chi connectivity index (χ1v) is 11.3. The maximum absolute atomic E-state index is 4.91. The van der Waals surface area contributed by atoms with Gasteiger partial charge in [0.1, 0.15) is 0 Å². The fraction of sp³-hybridized carbons (Fsp3) is 0.583. The van der Waals surface area contributed by atoms with Crippen LogP contribution in [0.3, 0.4) is 0 Å². The molecule has 3 rings (SSSR count). The summed E-state index contributed by atoms with van der Waals surface area (Å²) >= 11 is 0. The minimum atomic E-state index is 0.484. The van der Waals surface area contributed by atoms with Crippen LogP contribution >= 0.6 is 0 Å². The summed E-state index contributed by atoms with van der Waals surface area (Å²) in [5.41, 5.74) is 4.45. The SMILES string of the molecule is CCNC(=NCc1ccccc1-n1nc(C)cc1C)NC1CCN(CC(C)C)CC1. The van der Waals surface area contributed by atoms with E-state index < -0.39 is 0 Å². The molecule has 2 aromatic rings. The van der Waals surface area contributed by atoms with Crippen molar-refractivity contribution in [1.29, 1.82) is 0 Å². The standard InChI is InChI=1S/C24H38N6/c1-6-25-24(27-22-11-13-29(14-12-22)17-18(2)3)26-16-21-9-7-8-10-23(21)30-20(5)15-19(4)28-30/h7-10,15,18,22H,6,11-14,16-17H2,1-5H3,(H2,25,26,27). The van der Waals surface area contributed by atoms with E-state index in [1.54, 1.807) is 0 Å². The first kappa shape index (κ1) is 22.3. The van der Waals surface area contributed by atoms with Crippen molar-refractivity contribution >= 4 is 5.96 Å². The zero-order chi connectivity index (χ0) is 21.5. The van der Waals surface area contributed by atoms with E-state index in [9.17, 15) is 0 Å². The molecule has 1 saturated heterocycles. The predicted octanol–water partition coefficient (Wildman–Crippen LogP) is 3.66. The number of rotatable bonds is 7. The molecular formula is C24H38N6. The third-order valence-corrected chi connectivity index (χ3v) is 5.53. The Morgan fingerprint density at radius 3 is 2.57 bits per heavy atom. The zero-order valence-electron chi connectivity index (χ0n) is 19.3. The first-order valence-electron chi connectivity index (χ1n) is 11.3. The Kier molecular flexibility index (Phi) is 7.91. The molecule has 2 heterocycles. The third-order valence-electron chi connectivity index (χ3n) is 5.53. The van der Waals surface area contributed by atoms with Gasteiger partial charge < -0.3 is 15.5 Å². The van der Waals surface area contributed by atoms with Gasteiger partial charge in [-0.1, -0.05) is 32.0 Å². The van der Waals surface area contributed by atoms with Crippen LogP contribution in [-0.2, 0) is 6.54 Å². The molecule has 0 radical (unpaired) electrons. The highest BCUT2D eigenvalue weighted by Crippen LogP contribution is 2.18. The smallest absolute Gasteiger partial charge is 0.191 e. The van der Waals surface area contributed by atoms with Gasteiger partial charge in [-0.2, -0.15) is 5.10 Å². The molecule has 0 unspecified atom stereocenters. The number of hydrogen-bond acceptors (Lipinski definition) is 3. The lowest BCUT2D eigenvalue weighted by molar-refractivity contribution is 0.187. The molecule has 30 heavy (non-hydrogen) atoms. The molecule has 0 atom stereocenters. The molecule has 0 spiro atoms. The Hall–Kier alpha value is -2.34. The second-order valence-electron chi connectivity index (χ2n) is 8.78. The van der Waals surface area contributed by atoms with Gasteiger partial charge in [0.15, 0.2) is 5.96 Å². The van der Waals surface area contributed by atoms with E-state index in [4.69, 9.17) is 4.99 Å². The highest BCUT2D eigenvalue weighted by atomic mass is 15.3. The summed E-state index contributed by atoms with van der Waals surface area (Å²) in [4.78, 5) is 7.49. The lowest BCUT2D eigenvalue weighted by Crippen LogP contribution is -2.49. The minimum absolute atomic E-state index is 0.484. The average molecular weight is 411 g/mol. The van der Waals surface area contributed by atoms with Crippen molar-refractivity contribution < 1.29 is 0 Å². The topological polar surface area (TPSA) is 57.5 Å². The Labute approximate surface area is 181 Å². The lowest BCUT2D eigenvalue weighted by Gasteiger charge is -2.34. The van der Waals surface area contributed by atoms with Crippen LogP contribution in [0.2, 0.25) is 0 Å². The second kappa shape index (κ2) is 10.6. The van der Waals surface area contributed by atoms with Crippen LogP contribution in [0, 0.1) is 19.8 Å². The number of aromatic nitrogens is 2. The van der Waals surface area contributed by atoms with Gasteiger partial charge in [0.05, 0.1) is 17.9 Å². The van der Waals surface area contributed by atoms with Crippen molar-refractivity contribution in [3.8, 4) is 5.69 Å². The third kappa shape index (κ3) is 6.08. The van der Waals surface area contributed by atoms with Gasteiger partial charge in [-0.3, -0.25) is 0 Å². The molecule has 164 valence electrons. The molecule has 1 aromatic carbocycles. The molecule has 1 aliphatic rings. The van der Waals surface area contributed by atoms with E-state index in [-0.39, 0.29) is 0 Å². The van der Waals surface area contributed by atoms with Crippen LogP contribution in [-0.4, -0.2) is 52.9 Å². The highest BCUT2D eigenvalue weighted by Gasteiger charge is 2.20. The van der Waals surface area contributed by atoms with Crippen molar-refractivity contribution in [2.45, 2.75) is 60.0 Å². The Morgan fingerprint density at radius 2 is 1.93 bits per heavy atom. The van der Waals surface area contributed by atoms with Gasteiger partial charge in [0, 0.05) is 37.9 Å². The molecular weight excluding hydrogens is 372 g/mol. The van der Waals surface area contributed by atoms with Gasteiger partial charge in [0.2, 0.25) is 0 Å². The number of nitrogens with one attached hydrogen (secondary N) is 2. The van der Waals surface area contributed by atoms with Gasteiger partial charge in [-0.05, 0) is 57.2 Å². The summed E-state index contributed by atoms with van der Waals surface area (Å²) in [7, 11) is 0. The van der Waals surface area contributed by atoms with E-state index in [2.05, 4.69) is 78.7 Å². The van der Waals surface area contributed by atoms with E-state index in [1.807, 2.05) is 11.6 Å². The molecule has 0 amide bonds. The number of piperidine rings is 1. The monoisotopic (exact) mass is 410 g/mol. The summed E-state index contributed by atoms with van der Waals surface area (Å²) in [5.74, 6) is 1.64. The largest absolute Gasteiger partial charge is 0.357 e. The number of aliphatic imine (C=N–C) groups is 1. The molecule has 0 bridgehead atoms. The highest BCUT2D eigenvalue weighted by molar-refractivity contribution is 5.80. The maximum atomic E-state index is 4.91. The number of nitrogens with zero attached hydrogens (tertiary/aromatic N) is 4. The van der Waals surface area contributed by atoms with Crippen molar-refractivity contribution in [3.05, 3.63) is 47.3 Å². The van der Waals surface area contributed by atoms with Crippen molar-refractivity contribution in [3.63, 3.8) is 0 Å². The summed E-state index contributed by atoms with van der Waals surface area (Å²) in [6, 6.07) is 11.0. The number of hydrogen-bond donors (Lipinski definition) is 2. The number of likely N-dealkylation sites (tertiary alicyclic amines) is 1. The molecule has 0 saturated carbocycles. The van der Waals surface area contributed by atoms with Crippen molar-refractivity contribution in [2.24, 2.45) is 10.9 Å². The summed E-state index contributed by atoms with van der Waals surface area (Å²) in [5, 5.41) is 11.7. The van der Waals surface area contributed by atoms with Crippen LogP contribution in [0.25, 0.3) is 5.69 Å². The Bertz CT molecular complexity index is 830. The summed E-state index contributed by atoms with van der Waals surface area (Å²) in [6.45, 7) is 15.8. The zero-order valence-corrected chi connectivity index (χ0v) is 19.3. The number of guanidine groups is 1. The first-order chi connectivity index (χ1) is 14.5. The molecule has 0 aliphatic carbocycles. The van der Waals surface area contributed by atoms with Gasteiger partial charge in [0.25, 0.3) is 0 Å². The van der Waals surface area contributed by atoms with Crippen molar-refractivity contribution in [1.82, 2.24) is 25.3 Å². The molecule has 6 heteroatoms. The van der Waals surface area contributed by atoms with Crippen LogP contribution < -0.4 is 10.6 Å². The minimum Gasteiger partial charge on any atom is -0.357 e. The average Bonchev–Trinajstić information content (AvgIpc) is 3.05. The molecule has 1 aliphatic heterocycles. The van der Waals surface area contributed by atoms with Crippen LogP contribution in [0.4, 0.5) is 0 Å². The van der Waals surface area contributed by atoms with E-state index >= 15 is 0 Å². The summed E-state index contributed by atoms with van der Waals surface area (Å²) in [6.07, 6.45) is 2.33. The molecule has 1 aromatic heterocycles. The summed E-state index contributed by atoms with van der Waals surface area (Å²) < 4.78 is 2.02. The lowest BCUT2D eigenvalue weighted by atomic mass is 10.0. The second-order valence-corrected chi connectivity index (χ2v) is 8.78. The van der Waals surface area contributed by atoms with Gasteiger partial charge in [-0.15, -0.1) is 0 Å². The fourth-order valence-corrected chi connectivity index (χ4v) is 4.18. The van der Waals surface area contributed by atoms with Crippen LogP contribution in [0.15, 0.2) is 35.3 Å². The normalized spacial score (nSPS) is 16.3.